The van der Waals surface area contributed by atoms with Crippen molar-refractivity contribution in [2.75, 3.05) is 0 Å². The lowest BCUT2D eigenvalue weighted by atomic mass is 9.65. The predicted molar refractivity (Wildman–Crippen MR) is 80.3 cm³/mol. The molecule has 0 aromatic rings. The van der Waals surface area contributed by atoms with Crippen LogP contribution in [0.15, 0.2) is 11.6 Å². The van der Waals surface area contributed by atoms with Crippen molar-refractivity contribution in [1.82, 2.24) is 0 Å². The summed E-state index contributed by atoms with van der Waals surface area (Å²) >= 11 is 0. The first-order valence-corrected chi connectivity index (χ1v) is 7.85. The highest BCUT2D eigenvalue weighted by molar-refractivity contribution is 5.81. The van der Waals surface area contributed by atoms with Crippen LogP contribution in [-0.2, 0) is 9.53 Å². The van der Waals surface area contributed by atoms with Gasteiger partial charge in [0.2, 0.25) is 0 Å². The average Bonchev–Trinajstić information content (AvgIpc) is 2.33. The maximum atomic E-state index is 13.9. The largest absolute Gasteiger partial charge is 0.461 e. The van der Waals surface area contributed by atoms with Crippen LogP contribution in [0.25, 0.3) is 0 Å². The van der Waals surface area contributed by atoms with Gasteiger partial charge in [-0.2, -0.15) is 13.2 Å². The Hall–Kier alpha value is -1.00. The fourth-order valence-corrected chi connectivity index (χ4v) is 3.06. The number of hydrogen-bond acceptors (Lipinski definition) is 2. The van der Waals surface area contributed by atoms with E-state index >= 15 is 0 Å². The van der Waals surface area contributed by atoms with Gasteiger partial charge in [-0.05, 0) is 44.9 Å². The smallest absolute Gasteiger partial charge is 0.408 e. The summed E-state index contributed by atoms with van der Waals surface area (Å²) in [5.41, 5.74) is -3.49. The fraction of sp³-hybridized carbons (Fsp3) is 0.824. The SMILES string of the molecule is CC(C)=CC(C(=O)OC1CCCCC1)(C(C)(C)C)C(F)(F)F. The molecule has 0 bridgehead atoms. The Balaban J connectivity index is 3.23. The average molecular weight is 320 g/mol. The van der Waals surface area contributed by atoms with Crippen LogP contribution in [0.3, 0.4) is 0 Å². The summed E-state index contributed by atoms with van der Waals surface area (Å²) in [6, 6.07) is 0. The van der Waals surface area contributed by atoms with E-state index in [1.807, 2.05) is 0 Å². The van der Waals surface area contributed by atoms with Gasteiger partial charge >= 0.3 is 12.1 Å². The number of allylic oxidation sites excluding steroid dienone is 1. The summed E-state index contributed by atoms with van der Waals surface area (Å²) < 4.78 is 47.0. The van der Waals surface area contributed by atoms with E-state index in [2.05, 4.69) is 0 Å². The normalized spacial score (nSPS) is 20.2. The van der Waals surface area contributed by atoms with Crippen LogP contribution in [-0.4, -0.2) is 18.2 Å². The third-order valence-electron chi connectivity index (χ3n) is 4.28. The minimum Gasteiger partial charge on any atom is -0.461 e. The Morgan fingerprint density at radius 1 is 1.05 bits per heavy atom. The molecule has 0 N–H and O–H groups in total. The maximum Gasteiger partial charge on any atom is 0.408 e. The van der Waals surface area contributed by atoms with Gasteiger partial charge in [-0.3, -0.25) is 4.79 Å². The molecule has 0 saturated heterocycles. The maximum absolute atomic E-state index is 13.9. The van der Waals surface area contributed by atoms with Crippen LogP contribution in [0, 0.1) is 10.8 Å². The molecule has 0 heterocycles. The third-order valence-corrected chi connectivity index (χ3v) is 4.28. The Morgan fingerprint density at radius 3 is 1.91 bits per heavy atom. The topological polar surface area (TPSA) is 26.3 Å². The molecule has 1 aliphatic carbocycles. The molecule has 0 spiro atoms. The van der Waals surface area contributed by atoms with Gasteiger partial charge in [0.15, 0.2) is 5.41 Å². The number of ether oxygens (including phenoxy) is 1. The van der Waals surface area contributed by atoms with E-state index in [1.54, 1.807) is 13.8 Å². The van der Waals surface area contributed by atoms with Crippen molar-refractivity contribution in [3.63, 3.8) is 0 Å². The summed E-state index contributed by atoms with van der Waals surface area (Å²) in [5, 5.41) is 0. The highest BCUT2D eigenvalue weighted by Gasteiger charge is 2.66. The third kappa shape index (κ3) is 3.85. The molecule has 1 unspecified atom stereocenters. The van der Waals surface area contributed by atoms with Crippen LogP contribution in [0.1, 0.15) is 66.7 Å². The molecule has 1 rings (SSSR count). The van der Waals surface area contributed by atoms with Gasteiger partial charge in [0, 0.05) is 0 Å². The van der Waals surface area contributed by atoms with Crippen LogP contribution in [0.5, 0.6) is 0 Å². The summed E-state index contributed by atoms with van der Waals surface area (Å²) in [6.45, 7) is 7.44. The molecule has 128 valence electrons. The summed E-state index contributed by atoms with van der Waals surface area (Å²) in [5.74, 6) is -1.17. The van der Waals surface area contributed by atoms with E-state index in [4.69, 9.17) is 4.74 Å². The van der Waals surface area contributed by atoms with E-state index in [0.29, 0.717) is 18.4 Å². The van der Waals surface area contributed by atoms with Gasteiger partial charge < -0.3 is 4.74 Å². The van der Waals surface area contributed by atoms with E-state index in [0.717, 1.165) is 25.3 Å². The Bertz CT molecular complexity index is 406. The first kappa shape index (κ1) is 19.0. The van der Waals surface area contributed by atoms with Crippen LogP contribution < -0.4 is 0 Å². The molecular formula is C17H27F3O2. The second-order valence-electron chi connectivity index (χ2n) is 7.44. The molecule has 1 fully saturated rings. The standard InChI is InChI=1S/C17H27F3O2/c1-12(2)11-16(15(3,4)5,17(18,19)20)14(21)22-13-9-7-6-8-10-13/h11,13H,6-10H2,1-5H3. The van der Waals surface area contributed by atoms with E-state index in [1.165, 1.54) is 20.8 Å². The van der Waals surface area contributed by atoms with Gasteiger partial charge in [0.25, 0.3) is 0 Å². The first-order chi connectivity index (χ1) is 9.92. The first-order valence-electron chi connectivity index (χ1n) is 7.85. The molecule has 0 aliphatic heterocycles. The molecule has 2 nitrogen and oxygen atoms in total. The molecular weight excluding hydrogens is 293 g/mol. The number of carbonyl (C=O) groups excluding carboxylic acids is 1. The van der Waals surface area contributed by atoms with Crippen LogP contribution in [0.4, 0.5) is 13.2 Å². The van der Waals surface area contributed by atoms with Crippen LogP contribution in [0.2, 0.25) is 0 Å². The minimum absolute atomic E-state index is 0.393. The monoisotopic (exact) mass is 320 g/mol. The molecule has 1 atom stereocenters. The predicted octanol–water partition coefficient (Wildman–Crippen LogP) is 5.42. The zero-order valence-electron chi connectivity index (χ0n) is 14.1. The van der Waals surface area contributed by atoms with Crippen molar-refractivity contribution in [1.29, 1.82) is 0 Å². The number of esters is 1. The van der Waals surface area contributed by atoms with Crippen molar-refractivity contribution in [2.45, 2.75) is 79.0 Å². The molecule has 5 heteroatoms. The Labute approximate surface area is 131 Å². The van der Waals surface area contributed by atoms with Crippen molar-refractivity contribution in [2.24, 2.45) is 10.8 Å². The molecule has 0 aromatic heterocycles. The lowest BCUT2D eigenvalue weighted by Gasteiger charge is -2.42. The van der Waals surface area contributed by atoms with Crippen LogP contribution >= 0.6 is 0 Å². The van der Waals surface area contributed by atoms with Crippen molar-refractivity contribution in [3.8, 4) is 0 Å². The Kier molecular flexibility index (Phi) is 5.74. The number of hydrogen-bond donors (Lipinski definition) is 0. The molecule has 1 saturated carbocycles. The Morgan fingerprint density at radius 2 is 1.55 bits per heavy atom. The molecule has 0 amide bonds. The quantitative estimate of drug-likeness (QED) is 0.512. The lowest BCUT2D eigenvalue weighted by molar-refractivity contribution is -0.247. The minimum atomic E-state index is -4.70. The number of rotatable bonds is 3. The van der Waals surface area contributed by atoms with Gasteiger partial charge in [-0.25, -0.2) is 0 Å². The molecule has 0 aromatic carbocycles. The second-order valence-corrected chi connectivity index (χ2v) is 7.44. The molecule has 22 heavy (non-hydrogen) atoms. The van der Waals surface area contributed by atoms with Gasteiger partial charge in [-0.1, -0.05) is 38.8 Å². The second kappa shape index (κ2) is 6.63. The van der Waals surface area contributed by atoms with E-state index < -0.39 is 29.1 Å². The highest BCUT2D eigenvalue weighted by Crippen LogP contribution is 2.53. The summed E-state index contributed by atoms with van der Waals surface area (Å²) in [7, 11) is 0. The summed E-state index contributed by atoms with van der Waals surface area (Å²) in [6.07, 6.45) is 0.0792. The number of halogens is 3. The fourth-order valence-electron chi connectivity index (χ4n) is 3.06. The molecule has 1 aliphatic rings. The van der Waals surface area contributed by atoms with Gasteiger partial charge in [0.05, 0.1) is 0 Å². The number of alkyl halides is 3. The van der Waals surface area contributed by atoms with E-state index in [-0.39, 0.29) is 0 Å². The van der Waals surface area contributed by atoms with Crippen molar-refractivity contribution in [3.05, 3.63) is 11.6 Å². The molecule has 0 radical (unpaired) electrons. The van der Waals surface area contributed by atoms with E-state index in [9.17, 15) is 18.0 Å². The van der Waals surface area contributed by atoms with Gasteiger partial charge in [-0.15, -0.1) is 0 Å². The zero-order valence-corrected chi connectivity index (χ0v) is 14.1. The highest BCUT2D eigenvalue weighted by atomic mass is 19.4. The van der Waals surface area contributed by atoms with Crippen molar-refractivity contribution >= 4 is 5.97 Å². The zero-order chi connectivity index (χ0) is 17.2. The van der Waals surface area contributed by atoms with Gasteiger partial charge in [0.1, 0.15) is 6.10 Å². The van der Waals surface area contributed by atoms with Crippen molar-refractivity contribution < 1.29 is 22.7 Å². The number of carbonyl (C=O) groups is 1. The summed E-state index contributed by atoms with van der Waals surface area (Å²) in [4.78, 5) is 12.6. The lowest BCUT2D eigenvalue weighted by Crippen LogP contribution is -2.54.